The fourth-order valence-corrected chi connectivity index (χ4v) is 1.69. The molecule has 0 bridgehead atoms. The van der Waals surface area contributed by atoms with Gasteiger partial charge in [0.05, 0.1) is 0 Å². The van der Waals surface area contributed by atoms with E-state index in [0.717, 1.165) is 0 Å². The van der Waals surface area contributed by atoms with Crippen LogP contribution in [0.15, 0.2) is 0 Å². The minimum atomic E-state index is 0.622. The standard InChI is InChI=1S/C8H19NS/c1-5-8(6-10-4)9-7(2)3/h7-9H,5-6H2,1-4H3. The van der Waals surface area contributed by atoms with Crippen molar-refractivity contribution in [1.29, 1.82) is 0 Å². The first-order valence-electron chi connectivity index (χ1n) is 3.95. The van der Waals surface area contributed by atoms with Crippen molar-refractivity contribution in [3.8, 4) is 0 Å². The summed E-state index contributed by atoms with van der Waals surface area (Å²) in [5.41, 5.74) is 0. The van der Waals surface area contributed by atoms with Crippen LogP contribution in [-0.2, 0) is 0 Å². The quantitative estimate of drug-likeness (QED) is 0.663. The van der Waals surface area contributed by atoms with E-state index in [-0.39, 0.29) is 0 Å². The van der Waals surface area contributed by atoms with Crippen LogP contribution in [0.25, 0.3) is 0 Å². The van der Waals surface area contributed by atoms with Crippen molar-refractivity contribution in [3.05, 3.63) is 0 Å². The van der Waals surface area contributed by atoms with Crippen molar-refractivity contribution >= 4 is 11.8 Å². The average Bonchev–Trinajstić information content (AvgIpc) is 1.86. The lowest BCUT2D eigenvalue weighted by molar-refractivity contribution is 0.485. The number of thioether (sulfide) groups is 1. The topological polar surface area (TPSA) is 12.0 Å². The Hall–Kier alpha value is 0.310. The molecule has 0 amide bonds. The molecule has 0 saturated heterocycles. The first-order chi connectivity index (χ1) is 4.70. The van der Waals surface area contributed by atoms with E-state index < -0.39 is 0 Å². The van der Waals surface area contributed by atoms with Gasteiger partial charge in [-0.1, -0.05) is 20.8 Å². The molecule has 0 heterocycles. The van der Waals surface area contributed by atoms with Gasteiger partial charge in [-0.05, 0) is 12.7 Å². The van der Waals surface area contributed by atoms with Gasteiger partial charge in [0, 0.05) is 17.8 Å². The highest BCUT2D eigenvalue weighted by molar-refractivity contribution is 7.98. The van der Waals surface area contributed by atoms with Gasteiger partial charge in [0.1, 0.15) is 0 Å². The van der Waals surface area contributed by atoms with E-state index in [2.05, 4.69) is 32.3 Å². The molecule has 0 spiro atoms. The van der Waals surface area contributed by atoms with Gasteiger partial charge in [-0.25, -0.2) is 0 Å². The Morgan fingerprint density at radius 3 is 2.30 bits per heavy atom. The van der Waals surface area contributed by atoms with Crippen LogP contribution in [0.1, 0.15) is 27.2 Å². The second-order valence-corrected chi connectivity index (χ2v) is 3.79. The van der Waals surface area contributed by atoms with Crippen LogP contribution in [0.5, 0.6) is 0 Å². The van der Waals surface area contributed by atoms with E-state index in [1.807, 2.05) is 11.8 Å². The molecule has 10 heavy (non-hydrogen) atoms. The van der Waals surface area contributed by atoms with E-state index in [1.54, 1.807) is 0 Å². The van der Waals surface area contributed by atoms with E-state index in [1.165, 1.54) is 12.2 Å². The zero-order valence-corrected chi connectivity index (χ0v) is 8.29. The molecule has 0 saturated carbocycles. The van der Waals surface area contributed by atoms with Gasteiger partial charge in [-0.3, -0.25) is 0 Å². The minimum absolute atomic E-state index is 0.622. The highest BCUT2D eigenvalue weighted by atomic mass is 32.2. The van der Waals surface area contributed by atoms with Gasteiger partial charge in [0.2, 0.25) is 0 Å². The zero-order valence-electron chi connectivity index (χ0n) is 7.48. The predicted octanol–water partition coefficient (Wildman–Crippen LogP) is 2.13. The summed E-state index contributed by atoms with van der Waals surface area (Å²) in [6.07, 6.45) is 3.39. The van der Waals surface area contributed by atoms with Crippen molar-refractivity contribution in [3.63, 3.8) is 0 Å². The second-order valence-electron chi connectivity index (χ2n) is 2.88. The van der Waals surface area contributed by atoms with Crippen LogP contribution in [-0.4, -0.2) is 24.1 Å². The maximum absolute atomic E-state index is 3.51. The van der Waals surface area contributed by atoms with E-state index >= 15 is 0 Å². The molecule has 0 aliphatic rings. The highest BCUT2D eigenvalue weighted by Gasteiger charge is 2.04. The third-order valence-electron chi connectivity index (χ3n) is 1.43. The molecular formula is C8H19NS. The smallest absolute Gasteiger partial charge is 0.0157 e. The SMILES string of the molecule is CCC(CSC)NC(C)C. The van der Waals surface area contributed by atoms with E-state index in [4.69, 9.17) is 0 Å². The summed E-state index contributed by atoms with van der Waals surface area (Å²) in [6, 6.07) is 1.33. The molecule has 0 aliphatic heterocycles. The summed E-state index contributed by atoms with van der Waals surface area (Å²) >= 11 is 1.91. The van der Waals surface area contributed by atoms with Gasteiger partial charge in [0.15, 0.2) is 0 Å². The van der Waals surface area contributed by atoms with Crippen molar-refractivity contribution < 1.29 is 0 Å². The third kappa shape index (κ3) is 5.12. The monoisotopic (exact) mass is 161 g/mol. The maximum Gasteiger partial charge on any atom is 0.0157 e. The first-order valence-corrected chi connectivity index (χ1v) is 5.35. The number of nitrogens with one attached hydrogen (secondary N) is 1. The Morgan fingerprint density at radius 2 is 2.00 bits per heavy atom. The van der Waals surface area contributed by atoms with Crippen LogP contribution < -0.4 is 5.32 Å². The Morgan fingerprint density at radius 1 is 1.40 bits per heavy atom. The second kappa shape index (κ2) is 6.05. The molecule has 0 fully saturated rings. The van der Waals surface area contributed by atoms with Gasteiger partial charge in [0.25, 0.3) is 0 Å². The molecule has 1 nitrogen and oxygen atoms in total. The molecule has 0 rings (SSSR count). The lowest BCUT2D eigenvalue weighted by Crippen LogP contribution is -2.35. The molecule has 0 radical (unpaired) electrons. The van der Waals surface area contributed by atoms with Crippen LogP contribution in [0, 0.1) is 0 Å². The normalized spacial score (nSPS) is 14.1. The Bertz CT molecular complexity index is 73.7. The Balaban J connectivity index is 3.39. The lowest BCUT2D eigenvalue weighted by atomic mass is 10.2. The van der Waals surface area contributed by atoms with Crippen LogP contribution in [0.3, 0.4) is 0 Å². The van der Waals surface area contributed by atoms with Crippen LogP contribution in [0.2, 0.25) is 0 Å². The minimum Gasteiger partial charge on any atom is -0.311 e. The van der Waals surface area contributed by atoms with Gasteiger partial charge >= 0.3 is 0 Å². The van der Waals surface area contributed by atoms with E-state index in [0.29, 0.717) is 12.1 Å². The summed E-state index contributed by atoms with van der Waals surface area (Å²) in [7, 11) is 0. The van der Waals surface area contributed by atoms with Gasteiger partial charge in [-0.2, -0.15) is 11.8 Å². The van der Waals surface area contributed by atoms with Crippen LogP contribution >= 0.6 is 11.8 Å². The van der Waals surface area contributed by atoms with Crippen molar-refractivity contribution in [1.82, 2.24) is 5.32 Å². The third-order valence-corrected chi connectivity index (χ3v) is 2.17. The molecule has 2 heteroatoms. The van der Waals surface area contributed by atoms with E-state index in [9.17, 15) is 0 Å². The van der Waals surface area contributed by atoms with Gasteiger partial charge in [-0.15, -0.1) is 0 Å². The Kier molecular flexibility index (Phi) is 6.24. The van der Waals surface area contributed by atoms with Crippen molar-refractivity contribution in [2.45, 2.75) is 39.3 Å². The molecule has 1 unspecified atom stereocenters. The summed E-state index contributed by atoms with van der Waals surface area (Å²) in [6.45, 7) is 6.63. The van der Waals surface area contributed by atoms with Gasteiger partial charge < -0.3 is 5.32 Å². The zero-order chi connectivity index (χ0) is 7.98. The van der Waals surface area contributed by atoms with Crippen LogP contribution in [0.4, 0.5) is 0 Å². The molecule has 0 aromatic rings. The number of rotatable bonds is 5. The van der Waals surface area contributed by atoms with Crippen molar-refractivity contribution in [2.24, 2.45) is 0 Å². The number of hydrogen-bond donors (Lipinski definition) is 1. The highest BCUT2D eigenvalue weighted by Crippen LogP contribution is 2.01. The Labute approximate surface area is 69.0 Å². The molecule has 0 aromatic heterocycles. The number of hydrogen-bond acceptors (Lipinski definition) is 2. The molecule has 0 aromatic carbocycles. The fraction of sp³-hybridized carbons (Fsp3) is 1.00. The largest absolute Gasteiger partial charge is 0.311 e. The van der Waals surface area contributed by atoms with Crippen molar-refractivity contribution in [2.75, 3.05) is 12.0 Å². The molecule has 62 valence electrons. The lowest BCUT2D eigenvalue weighted by Gasteiger charge is -2.18. The first kappa shape index (κ1) is 10.3. The molecule has 0 aliphatic carbocycles. The maximum atomic E-state index is 3.51. The molecule has 1 N–H and O–H groups in total. The fourth-order valence-electron chi connectivity index (χ4n) is 0.956. The molecule has 1 atom stereocenters. The average molecular weight is 161 g/mol. The summed E-state index contributed by atoms with van der Waals surface area (Å²) in [5.74, 6) is 1.23. The summed E-state index contributed by atoms with van der Waals surface area (Å²) in [4.78, 5) is 0. The molecular weight excluding hydrogens is 142 g/mol. The summed E-state index contributed by atoms with van der Waals surface area (Å²) < 4.78 is 0. The summed E-state index contributed by atoms with van der Waals surface area (Å²) in [5, 5.41) is 3.51. The predicted molar refractivity (Wildman–Crippen MR) is 50.7 cm³/mol.